The molecular formula is C49H25BBrF24NO. The van der Waals surface area contributed by atoms with Gasteiger partial charge in [-0.3, -0.25) is 4.79 Å². The molecule has 7 aromatic rings. The summed E-state index contributed by atoms with van der Waals surface area (Å²) < 4.78 is 344. The van der Waals surface area contributed by atoms with Gasteiger partial charge in [-0.2, -0.15) is 132 Å². The van der Waals surface area contributed by atoms with Gasteiger partial charge in [-0.05, 0) is 47.9 Å². The molecule has 410 valence electrons. The van der Waals surface area contributed by atoms with Gasteiger partial charge in [0.2, 0.25) is 12.3 Å². The fraction of sp³-hybridized carbons (Fsp3) is 0.184. The van der Waals surface area contributed by atoms with Gasteiger partial charge in [0, 0.05) is 21.5 Å². The maximum atomic E-state index is 14.2. The van der Waals surface area contributed by atoms with Crippen molar-refractivity contribution in [2.75, 3.05) is 0 Å². The molecule has 0 aliphatic carbocycles. The largest absolute Gasteiger partial charge is 0.416 e. The monoisotopic (exact) mass is 1190 g/mol. The molecule has 0 aliphatic rings. The Morgan fingerprint density at radius 2 is 0.649 bits per heavy atom. The molecule has 0 amide bonds. The summed E-state index contributed by atoms with van der Waals surface area (Å²) in [4.78, 5) is 12.2. The first-order chi connectivity index (χ1) is 35.0. The molecule has 28 heteroatoms. The van der Waals surface area contributed by atoms with Gasteiger partial charge in [0.15, 0.2) is 12.4 Å². The number of hydrogen-bond donors (Lipinski definition) is 0. The summed E-state index contributed by atoms with van der Waals surface area (Å²) in [6.45, 7) is 0.357. The van der Waals surface area contributed by atoms with Crippen LogP contribution in [0.25, 0.3) is 10.8 Å². The molecule has 1 heterocycles. The van der Waals surface area contributed by atoms with Crippen LogP contribution < -0.4 is 26.4 Å². The summed E-state index contributed by atoms with van der Waals surface area (Å²) >= 11 is 3.46. The number of halogens is 25. The van der Waals surface area contributed by atoms with E-state index in [4.69, 9.17) is 0 Å². The number of rotatable bonds is 7. The second-order valence-corrected chi connectivity index (χ2v) is 17.8. The Balaban J connectivity index is 0.000000397. The maximum Gasteiger partial charge on any atom is 0.416 e. The minimum atomic E-state index is -6.13. The summed E-state index contributed by atoms with van der Waals surface area (Å²) in [6.07, 6.45) is -50.9. The van der Waals surface area contributed by atoms with Crippen LogP contribution in [0.1, 0.15) is 54.9 Å². The zero-order valence-electron chi connectivity index (χ0n) is 37.4. The van der Waals surface area contributed by atoms with Crippen LogP contribution in [0.5, 0.6) is 0 Å². The van der Waals surface area contributed by atoms with Crippen LogP contribution in [-0.2, 0) is 56.0 Å². The van der Waals surface area contributed by atoms with E-state index >= 15 is 0 Å². The highest BCUT2D eigenvalue weighted by Crippen LogP contribution is 2.41. The highest BCUT2D eigenvalue weighted by molar-refractivity contribution is 9.10. The number of Topliss-reactive ketones (excluding diaryl/α,β-unsaturated/α-hetero) is 1. The zero-order valence-corrected chi connectivity index (χ0v) is 39.0. The lowest BCUT2D eigenvalue weighted by Crippen LogP contribution is -2.75. The van der Waals surface area contributed by atoms with Gasteiger partial charge < -0.3 is 0 Å². The molecular weight excluding hydrogens is 1170 g/mol. The Hall–Kier alpha value is -6.74. The van der Waals surface area contributed by atoms with E-state index in [9.17, 15) is 110 Å². The second kappa shape index (κ2) is 20.6. The first-order valence-electron chi connectivity index (χ1n) is 21.0. The number of alkyl halides is 24. The molecule has 0 spiro atoms. The van der Waals surface area contributed by atoms with Gasteiger partial charge >= 0.3 is 49.4 Å². The van der Waals surface area contributed by atoms with Crippen molar-refractivity contribution in [2.24, 2.45) is 0 Å². The second-order valence-electron chi connectivity index (χ2n) is 16.9. The van der Waals surface area contributed by atoms with E-state index in [0.29, 0.717) is 6.54 Å². The molecule has 6 aromatic carbocycles. The normalized spacial score (nSPS) is 13.4. The van der Waals surface area contributed by atoms with Gasteiger partial charge in [-0.25, -0.2) is 0 Å². The van der Waals surface area contributed by atoms with Gasteiger partial charge in [0.1, 0.15) is 6.15 Å². The number of carbonyl (C=O) groups is 1. The van der Waals surface area contributed by atoms with E-state index in [1.54, 1.807) is 0 Å². The quantitative estimate of drug-likeness (QED) is 0.0674. The molecule has 0 aliphatic heterocycles. The summed E-state index contributed by atoms with van der Waals surface area (Å²) in [5.74, 6) is 0.118. The summed E-state index contributed by atoms with van der Waals surface area (Å²) in [5, 5.41) is 2.28. The number of fused-ring (bicyclic) bond motifs is 1. The minimum Gasteiger partial charge on any atom is -0.287 e. The molecule has 0 fully saturated rings. The van der Waals surface area contributed by atoms with Crippen molar-refractivity contribution in [1.82, 2.24) is 0 Å². The highest BCUT2D eigenvalue weighted by Gasteiger charge is 2.47. The van der Waals surface area contributed by atoms with E-state index in [-0.39, 0.29) is 5.78 Å². The van der Waals surface area contributed by atoms with Crippen molar-refractivity contribution in [3.63, 3.8) is 0 Å². The van der Waals surface area contributed by atoms with Crippen molar-refractivity contribution in [3.05, 3.63) is 194 Å². The van der Waals surface area contributed by atoms with Crippen LogP contribution in [0.2, 0.25) is 0 Å². The van der Waals surface area contributed by atoms with Crippen molar-refractivity contribution in [2.45, 2.75) is 56.0 Å². The van der Waals surface area contributed by atoms with Crippen molar-refractivity contribution >= 4 is 60.5 Å². The number of pyridine rings is 1. The molecule has 0 bridgehead atoms. The molecule has 0 saturated heterocycles. The molecule has 0 saturated carbocycles. The van der Waals surface area contributed by atoms with Crippen LogP contribution in [-0.4, -0.2) is 11.9 Å². The standard InChI is InChI=1S/C32H12BF24.C17H13BrNO/c34-25(35,36)13-1-14(26(37,38)39)6-21(5-13)33(22-7-15(27(40,41)42)2-16(8-22)28(43,44)45,23-9-17(29(46,47)48)3-18(10-23)30(49,50)51)24-11-19(31(52,53)54)4-20(12-24)32(55,56)57;18-16-7-6-15-11-19(9-8-14(15)10-16)12-17(20)13-4-2-1-3-5-13/h1-12H;1-11H,12H2/q-1;+1. The smallest absolute Gasteiger partial charge is 0.287 e. The predicted octanol–water partition coefficient (Wildman–Crippen LogP) is 15.0. The average Bonchev–Trinajstić information content (AvgIpc) is 3.30. The topological polar surface area (TPSA) is 20.9 Å². The Morgan fingerprint density at radius 1 is 0.364 bits per heavy atom. The minimum absolute atomic E-state index is 0.118. The van der Waals surface area contributed by atoms with Gasteiger partial charge in [-0.1, -0.05) is 94.8 Å². The summed E-state index contributed by atoms with van der Waals surface area (Å²) in [5.41, 5.74) is -29.5. The predicted molar refractivity (Wildman–Crippen MR) is 233 cm³/mol. The third-order valence-electron chi connectivity index (χ3n) is 11.7. The Bertz CT molecular complexity index is 2870. The molecule has 0 atom stereocenters. The van der Waals surface area contributed by atoms with Crippen LogP contribution in [0.4, 0.5) is 105 Å². The summed E-state index contributed by atoms with van der Waals surface area (Å²) in [7, 11) is 0. The Morgan fingerprint density at radius 3 is 0.922 bits per heavy atom. The van der Waals surface area contributed by atoms with Crippen LogP contribution in [0.15, 0.2) is 144 Å². The Kier molecular flexibility index (Phi) is 15.9. The SMILES string of the molecule is FC(F)(F)c1cc([B-](c2cc(C(F)(F)F)cc(C(F)(F)F)c2)(c2cc(C(F)(F)F)cc(C(F)(F)F)c2)c2cc(C(F)(F)F)cc(C(F)(F)F)c2)cc(C(F)(F)F)c1.O=C(C[n+]1ccc2cc(Br)ccc2c1)c1ccccc1. The van der Waals surface area contributed by atoms with Crippen LogP contribution in [0.3, 0.4) is 0 Å². The lowest BCUT2D eigenvalue weighted by molar-refractivity contribution is -0.681. The lowest BCUT2D eigenvalue weighted by Gasteiger charge is -2.46. The van der Waals surface area contributed by atoms with Crippen molar-refractivity contribution in [1.29, 1.82) is 0 Å². The number of benzene rings is 6. The van der Waals surface area contributed by atoms with Crippen LogP contribution in [0, 0.1) is 0 Å². The molecule has 0 radical (unpaired) electrons. The Labute approximate surface area is 424 Å². The molecule has 2 nitrogen and oxygen atoms in total. The van der Waals surface area contributed by atoms with Crippen molar-refractivity contribution < 1.29 is 115 Å². The van der Waals surface area contributed by atoms with E-state index in [2.05, 4.69) is 22.0 Å². The summed E-state index contributed by atoms with van der Waals surface area (Å²) in [6, 6.07) is 8.71. The highest BCUT2D eigenvalue weighted by atomic mass is 79.9. The van der Waals surface area contributed by atoms with Crippen LogP contribution >= 0.6 is 15.9 Å². The average molecular weight is 1190 g/mol. The van der Waals surface area contributed by atoms with Gasteiger partial charge in [0.05, 0.1) is 44.5 Å². The number of carbonyl (C=O) groups excluding carboxylic acids is 1. The molecule has 77 heavy (non-hydrogen) atoms. The maximum absolute atomic E-state index is 14.2. The fourth-order valence-electron chi connectivity index (χ4n) is 8.26. The van der Waals surface area contributed by atoms with E-state index in [1.807, 2.05) is 65.5 Å². The third-order valence-corrected chi connectivity index (χ3v) is 12.2. The third kappa shape index (κ3) is 13.7. The number of aromatic nitrogens is 1. The lowest BCUT2D eigenvalue weighted by atomic mass is 9.12. The number of nitrogens with zero attached hydrogens (tertiary/aromatic N) is 1. The molecule has 0 unspecified atom stereocenters. The number of hydrogen-bond acceptors (Lipinski definition) is 1. The van der Waals surface area contributed by atoms with E-state index < -0.39 is 195 Å². The van der Waals surface area contributed by atoms with E-state index in [0.717, 1.165) is 20.8 Å². The van der Waals surface area contributed by atoms with Gasteiger partial charge in [-0.15, -0.1) is 0 Å². The first-order valence-corrected chi connectivity index (χ1v) is 21.8. The first kappa shape index (κ1) is 59.5. The van der Waals surface area contributed by atoms with E-state index in [1.165, 1.54) is 0 Å². The number of ketones is 1. The zero-order chi connectivity index (χ0) is 57.9. The molecule has 0 N–H and O–H groups in total. The fourth-order valence-corrected chi connectivity index (χ4v) is 8.63. The molecule has 7 rings (SSSR count). The van der Waals surface area contributed by atoms with Crippen molar-refractivity contribution in [3.8, 4) is 0 Å². The molecule has 1 aromatic heterocycles. The van der Waals surface area contributed by atoms with Gasteiger partial charge in [0.25, 0.3) is 0 Å².